The Morgan fingerprint density at radius 3 is 2.55 bits per heavy atom. The molecule has 1 aromatic carbocycles. The third kappa shape index (κ3) is 3.74. The highest BCUT2D eigenvalue weighted by Gasteiger charge is 2.28. The van der Waals surface area contributed by atoms with Gasteiger partial charge in [0.1, 0.15) is 0 Å². The molecule has 1 fully saturated rings. The highest BCUT2D eigenvalue weighted by molar-refractivity contribution is 5.94. The van der Waals surface area contributed by atoms with Crippen LogP contribution in [0.1, 0.15) is 41.8 Å². The van der Waals surface area contributed by atoms with Gasteiger partial charge in [-0.05, 0) is 62.9 Å². The molecule has 0 bridgehead atoms. The van der Waals surface area contributed by atoms with E-state index in [1.54, 1.807) is 0 Å². The summed E-state index contributed by atoms with van der Waals surface area (Å²) in [7, 11) is 0. The number of piperidine rings is 1. The lowest BCUT2D eigenvalue weighted by molar-refractivity contribution is 0.0897. The molecule has 4 heteroatoms. The highest BCUT2D eigenvalue weighted by Crippen LogP contribution is 2.17. The predicted octanol–water partition coefficient (Wildman–Crippen LogP) is 2.84. The Labute approximate surface area is 127 Å². The molecule has 0 spiro atoms. The van der Waals surface area contributed by atoms with E-state index in [4.69, 9.17) is 0 Å². The fourth-order valence-electron chi connectivity index (χ4n) is 2.72. The summed E-state index contributed by atoms with van der Waals surface area (Å²) >= 11 is 0. The molecule has 20 heavy (non-hydrogen) atoms. The zero-order chi connectivity index (χ0) is 14.0. The van der Waals surface area contributed by atoms with Crippen molar-refractivity contribution in [3.8, 4) is 0 Å². The lowest BCUT2D eigenvalue weighted by Gasteiger charge is -2.36. The quantitative estimate of drug-likeness (QED) is 0.881. The predicted molar refractivity (Wildman–Crippen MR) is 85.7 cm³/mol. The van der Waals surface area contributed by atoms with Gasteiger partial charge in [-0.2, -0.15) is 0 Å². The van der Waals surface area contributed by atoms with E-state index in [1.165, 1.54) is 5.56 Å². The van der Waals surface area contributed by atoms with Crippen LogP contribution in [0.4, 0.5) is 0 Å². The first-order chi connectivity index (χ1) is 8.99. The van der Waals surface area contributed by atoms with Crippen molar-refractivity contribution in [2.45, 2.75) is 46.2 Å². The second-order valence-electron chi connectivity index (χ2n) is 5.81. The van der Waals surface area contributed by atoms with Gasteiger partial charge in [-0.1, -0.05) is 13.0 Å². The summed E-state index contributed by atoms with van der Waals surface area (Å²) in [4.78, 5) is 12.3. The third-order valence-electron chi connectivity index (χ3n) is 4.28. The van der Waals surface area contributed by atoms with Gasteiger partial charge in [-0.15, -0.1) is 12.4 Å². The number of aryl methyl sites for hydroxylation is 2. The van der Waals surface area contributed by atoms with Crippen molar-refractivity contribution < 1.29 is 4.79 Å². The summed E-state index contributed by atoms with van der Waals surface area (Å²) in [5, 5.41) is 6.60. The van der Waals surface area contributed by atoms with E-state index in [1.807, 2.05) is 25.1 Å². The van der Waals surface area contributed by atoms with Crippen LogP contribution in [-0.2, 0) is 0 Å². The van der Waals surface area contributed by atoms with Crippen LogP contribution in [0.25, 0.3) is 0 Å². The minimum atomic E-state index is 0. The molecular formula is C16H25ClN2O. The number of hydrogen-bond donors (Lipinski definition) is 2. The highest BCUT2D eigenvalue weighted by atomic mass is 35.5. The van der Waals surface area contributed by atoms with Gasteiger partial charge in [-0.25, -0.2) is 0 Å². The average molecular weight is 297 g/mol. The normalized spacial score (nSPS) is 25.7. The number of amides is 1. The molecule has 1 amide bonds. The maximum absolute atomic E-state index is 12.3. The minimum Gasteiger partial charge on any atom is -0.347 e. The van der Waals surface area contributed by atoms with Crippen LogP contribution in [-0.4, -0.2) is 24.5 Å². The van der Waals surface area contributed by atoms with Crippen molar-refractivity contribution >= 4 is 18.3 Å². The monoisotopic (exact) mass is 296 g/mol. The Hall–Kier alpha value is -1.06. The first-order valence-corrected chi connectivity index (χ1v) is 7.10. The second-order valence-corrected chi connectivity index (χ2v) is 5.81. The first-order valence-electron chi connectivity index (χ1n) is 7.10. The van der Waals surface area contributed by atoms with Crippen molar-refractivity contribution in [3.63, 3.8) is 0 Å². The van der Waals surface area contributed by atoms with Crippen molar-refractivity contribution in [3.05, 3.63) is 34.9 Å². The Morgan fingerprint density at radius 1 is 1.25 bits per heavy atom. The lowest BCUT2D eigenvalue weighted by atomic mass is 9.89. The molecule has 1 saturated heterocycles. The molecule has 2 N–H and O–H groups in total. The molecule has 1 aliphatic heterocycles. The van der Waals surface area contributed by atoms with E-state index in [9.17, 15) is 4.79 Å². The van der Waals surface area contributed by atoms with Gasteiger partial charge < -0.3 is 10.6 Å². The maximum atomic E-state index is 12.3. The van der Waals surface area contributed by atoms with Gasteiger partial charge in [0, 0.05) is 17.6 Å². The molecule has 1 aromatic rings. The number of halogens is 1. The molecular weight excluding hydrogens is 272 g/mol. The summed E-state index contributed by atoms with van der Waals surface area (Å²) < 4.78 is 0. The molecule has 112 valence electrons. The van der Waals surface area contributed by atoms with Crippen molar-refractivity contribution in [1.82, 2.24) is 10.6 Å². The topological polar surface area (TPSA) is 41.1 Å². The van der Waals surface area contributed by atoms with Crippen LogP contribution in [0, 0.1) is 19.8 Å². The molecule has 3 nitrogen and oxygen atoms in total. The van der Waals surface area contributed by atoms with Gasteiger partial charge in [0.05, 0.1) is 0 Å². The maximum Gasteiger partial charge on any atom is 0.251 e. The second kappa shape index (κ2) is 7.09. The van der Waals surface area contributed by atoms with E-state index in [2.05, 4.69) is 31.4 Å². The molecule has 0 aromatic heterocycles. The van der Waals surface area contributed by atoms with Crippen LogP contribution >= 0.6 is 12.4 Å². The zero-order valence-corrected chi connectivity index (χ0v) is 13.5. The molecule has 1 heterocycles. The zero-order valence-electron chi connectivity index (χ0n) is 12.7. The fourth-order valence-corrected chi connectivity index (χ4v) is 2.72. The SMILES string of the molecule is Cc1ccc(C(=O)NC2C(C)CCNC2C)cc1C.Cl. The molecule has 0 aliphatic carbocycles. The van der Waals surface area contributed by atoms with E-state index in [-0.39, 0.29) is 24.4 Å². The number of carbonyl (C=O) groups excluding carboxylic acids is 1. The number of hydrogen-bond acceptors (Lipinski definition) is 2. The number of nitrogens with one attached hydrogen (secondary N) is 2. The molecule has 0 saturated carbocycles. The van der Waals surface area contributed by atoms with E-state index in [0.29, 0.717) is 12.0 Å². The Morgan fingerprint density at radius 2 is 1.95 bits per heavy atom. The minimum absolute atomic E-state index is 0. The fraction of sp³-hybridized carbons (Fsp3) is 0.562. The van der Waals surface area contributed by atoms with Gasteiger partial charge in [0.15, 0.2) is 0 Å². The van der Waals surface area contributed by atoms with Crippen LogP contribution in [0.5, 0.6) is 0 Å². The number of carbonyl (C=O) groups is 1. The smallest absolute Gasteiger partial charge is 0.251 e. The van der Waals surface area contributed by atoms with E-state index in [0.717, 1.165) is 24.1 Å². The summed E-state index contributed by atoms with van der Waals surface area (Å²) in [5.41, 5.74) is 3.14. The summed E-state index contributed by atoms with van der Waals surface area (Å²) in [6.45, 7) is 9.49. The average Bonchev–Trinajstić information content (AvgIpc) is 2.37. The summed E-state index contributed by atoms with van der Waals surface area (Å²) in [6.07, 6.45) is 1.11. The van der Waals surface area contributed by atoms with Gasteiger partial charge in [0.2, 0.25) is 0 Å². The van der Waals surface area contributed by atoms with Crippen molar-refractivity contribution in [2.24, 2.45) is 5.92 Å². The van der Waals surface area contributed by atoms with Crippen LogP contribution < -0.4 is 10.6 Å². The number of benzene rings is 1. The van der Waals surface area contributed by atoms with Gasteiger partial charge in [-0.3, -0.25) is 4.79 Å². The molecule has 2 rings (SSSR count). The van der Waals surface area contributed by atoms with Gasteiger partial charge in [0.25, 0.3) is 5.91 Å². The Kier molecular flexibility index (Phi) is 6.03. The summed E-state index contributed by atoms with van der Waals surface area (Å²) in [5.74, 6) is 0.558. The van der Waals surface area contributed by atoms with Crippen LogP contribution in [0.3, 0.4) is 0 Å². The van der Waals surface area contributed by atoms with Crippen molar-refractivity contribution in [2.75, 3.05) is 6.54 Å². The molecule has 1 aliphatic rings. The van der Waals surface area contributed by atoms with Crippen molar-refractivity contribution in [1.29, 1.82) is 0 Å². The molecule has 3 unspecified atom stereocenters. The van der Waals surface area contributed by atoms with E-state index < -0.39 is 0 Å². The Bertz CT molecular complexity index is 466. The number of rotatable bonds is 2. The summed E-state index contributed by atoms with van der Waals surface area (Å²) in [6, 6.07) is 6.43. The van der Waals surface area contributed by atoms with E-state index >= 15 is 0 Å². The largest absolute Gasteiger partial charge is 0.347 e. The Balaban J connectivity index is 0.00000200. The van der Waals surface area contributed by atoms with Gasteiger partial charge >= 0.3 is 0 Å². The first kappa shape index (κ1) is 17.0. The van der Waals surface area contributed by atoms with Crippen LogP contribution in [0.2, 0.25) is 0 Å². The lowest BCUT2D eigenvalue weighted by Crippen LogP contribution is -2.55. The standard InChI is InChI=1S/C16H24N2O.ClH/c1-10-5-6-14(9-12(10)3)16(19)18-15-11(2)7-8-17-13(15)4;/h5-6,9,11,13,15,17H,7-8H2,1-4H3,(H,18,19);1H. The molecule has 0 radical (unpaired) electrons. The molecule has 3 atom stereocenters. The van der Waals surface area contributed by atoms with Crippen LogP contribution in [0.15, 0.2) is 18.2 Å². The third-order valence-corrected chi connectivity index (χ3v) is 4.28.